The molecule has 0 aromatic heterocycles. The van der Waals surface area contributed by atoms with Gasteiger partial charge < -0.3 is 11.1 Å². The lowest BCUT2D eigenvalue weighted by Gasteiger charge is -2.13. The molecule has 0 aliphatic heterocycles. The van der Waals surface area contributed by atoms with Crippen LogP contribution in [0, 0.1) is 6.92 Å². The fourth-order valence-electron chi connectivity index (χ4n) is 2.15. The van der Waals surface area contributed by atoms with Crippen molar-refractivity contribution in [3.63, 3.8) is 0 Å². The van der Waals surface area contributed by atoms with Crippen molar-refractivity contribution in [1.82, 2.24) is 0 Å². The Balaban J connectivity index is 2.03. The summed E-state index contributed by atoms with van der Waals surface area (Å²) in [7, 11) is 0. The van der Waals surface area contributed by atoms with Crippen LogP contribution in [-0.4, -0.2) is 6.54 Å². The normalized spacial score (nSPS) is 10.8. The number of hydrogen-bond acceptors (Lipinski definition) is 2. The molecule has 0 radical (unpaired) electrons. The van der Waals surface area contributed by atoms with E-state index in [-0.39, 0.29) is 5.56 Å². The van der Waals surface area contributed by atoms with Gasteiger partial charge in [0.2, 0.25) is 0 Å². The molecule has 0 amide bonds. The van der Waals surface area contributed by atoms with E-state index in [0.717, 1.165) is 6.42 Å². The van der Waals surface area contributed by atoms with Gasteiger partial charge in [-0.25, -0.2) is 8.78 Å². The summed E-state index contributed by atoms with van der Waals surface area (Å²) < 4.78 is 25.9. The summed E-state index contributed by atoms with van der Waals surface area (Å²) >= 11 is 0. The van der Waals surface area contributed by atoms with E-state index in [0.29, 0.717) is 17.9 Å². The molecule has 20 heavy (non-hydrogen) atoms. The molecule has 0 unspecified atom stereocenters. The smallest absolute Gasteiger partial charge is 0.265 e. The van der Waals surface area contributed by atoms with E-state index in [1.165, 1.54) is 17.2 Å². The zero-order valence-electron chi connectivity index (χ0n) is 11.4. The van der Waals surface area contributed by atoms with Crippen molar-refractivity contribution in [2.75, 3.05) is 17.6 Å². The van der Waals surface area contributed by atoms with Crippen molar-refractivity contribution in [1.29, 1.82) is 0 Å². The van der Waals surface area contributed by atoms with Gasteiger partial charge in [-0.15, -0.1) is 0 Å². The van der Waals surface area contributed by atoms with E-state index < -0.39 is 6.43 Å². The van der Waals surface area contributed by atoms with Gasteiger partial charge in [0.1, 0.15) is 0 Å². The number of halogens is 2. The highest BCUT2D eigenvalue weighted by Crippen LogP contribution is 2.28. The van der Waals surface area contributed by atoms with Crippen LogP contribution >= 0.6 is 0 Å². The summed E-state index contributed by atoms with van der Waals surface area (Å²) in [5.74, 6) is 0. The first kappa shape index (κ1) is 14.3. The summed E-state index contributed by atoms with van der Waals surface area (Å²) in [5, 5.41) is 3.06. The first-order valence-electron chi connectivity index (χ1n) is 6.54. The Labute approximate surface area is 117 Å². The van der Waals surface area contributed by atoms with Crippen LogP contribution in [0.25, 0.3) is 0 Å². The van der Waals surface area contributed by atoms with Crippen molar-refractivity contribution in [3.8, 4) is 0 Å². The van der Waals surface area contributed by atoms with Crippen molar-refractivity contribution in [2.45, 2.75) is 19.8 Å². The van der Waals surface area contributed by atoms with Gasteiger partial charge in [0, 0.05) is 23.5 Å². The molecule has 0 fully saturated rings. The molecule has 0 atom stereocenters. The Kier molecular flexibility index (Phi) is 4.56. The van der Waals surface area contributed by atoms with Gasteiger partial charge in [0.25, 0.3) is 6.43 Å². The third-order valence-electron chi connectivity index (χ3n) is 3.28. The lowest BCUT2D eigenvalue weighted by Crippen LogP contribution is -2.08. The van der Waals surface area contributed by atoms with Crippen molar-refractivity contribution >= 4 is 11.4 Å². The van der Waals surface area contributed by atoms with Crippen LogP contribution in [0.2, 0.25) is 0 Å². The van der Waals surface area contributed by atoms with Crippen molar-refractivity contribution < 1.29 is 8.78 Å². The van der Waals surface area contributed by atoms with Crippen molar-refractivity contribution in [3.05, 3.63) is 59.2 Å². The average molecular weight is 276 g/mol. The first-order valence-corrected chi connectivity index (χ1v) is 6.54. The number of anilines is 2. The molecule has 106 valence electrons. The quantitative estimate of drug-likeness (QED) is 0.804. The van der Waals surface area contributed by atoms with Gasteiger partial charge in [0.15, 0.2) is 0 Å². The molecule has 0 spiro atoms. The minimum atomic E-state index is -2.53. The van der Waals surface area contributed by atoms with E-state index >= 15 is 0 Å². The van der Waals surface area contributed by atoms with Gasteiger partial charge in [-0.3, -0.25) is 0 Å². The van der Waals surface area contributed by atoms with Crippen LogP contribution in [0.15, 0.2) is 42.5 Å². The molecular formula is C16H18F2N2. The fourth-order valence-corrected chi connectivity index (χ4v) is 2.15. The number of hydrogen-bond donors (Lipinski definition) is 2. The average Bonchev–Trinajstić information content (AvgIpc) is 2.42. The van der Waals surface area contributed by atoms with E-state index in [1.54, 1.807) is 12.1 Å². The van der Waals surface area contributed by atoms with Gasteiger partial charge in [0.05, 0.1) is 0 Å². The van der Waals surface area contributed by atoms with Crippen LogP contribution in [0.3, 0.4) is 0 Å². The number of benzene rings is 2. The lowest BCUT2D eigenvalue weighted by molar-refractivity contribution is 0.152. The summed E-state index contributed by atoms with van der Waals surface area (Å²) in [6, 6.07) is 12.6. The van der Waals surface area contributed by atoms with Crippen LogP contribution < -0.4 is 11.1 Å². The summed E-state index contributed by atoms with van der Waals surface area (Å²) in [5.41, 5.74) is 8.72. The molecule has 2 rings (SSSR count). The number of rotatable bonds is 5. The molecule has 4 heteroatoms. The standard InChI is InChI=1S/C16H18F2N2/c1-11-4-2-3-5-12(11)8-9-20-15-7-6-13(19)10-14(15)16(17)18/h2-7,10,16,20H,8-9,19H2,1H3. The predicted molar refractivity (Wildman–Crippen MR) is 79.2 cm³/mol. The van der Waals surface area contributed by atoms with Crippen LogP contribution in [0.4, 0.5) is 20.2 Å². The first-order chi connectivity index (χ1) is 9.58. The van der Waals surface area contributed by atoms with E-state index in [2.05, 4.69) is 5.32 Å². The zero-order chi connectivity index (χ0) is 14.5. The van der Waals surface area contributed by atoms with E-state index in [1.807, 2.05) is 31.2 Å². The second kappa shape index (κ2) is 6.37. The minimum absolute atomic E-state index is 0.0465. The van der Waals surface area contributed by atoms with Crippen molar-refractivity contribution in [2.24, 2.45) is 0 Å². The van der Waals surface area contributed by atoms with Crippen LogP contribution in [-0.2, 0) is 6.42 Å². The Bertz CT molecular complexity index is 582. The topological polar surface area (TPSA) is 38.0 Å². The van der Waals surface area contributed by atoms with E-state index in [4.69, 9.17) is 5.73 Å². The SMILES string of the molecule is Cc1ccccc1CCNc1ccc(N)cc1C(F)F. The van der Waals surface area contributed by atoms with Crippen LogP contribution in [0.5, 0.6) is 0 Å². The Hall–Kier alpha value is -2.10. The van der Waals surface area contributed by atoms with Gasteiger partial charge in [-0.2, -0.15) is 0 Å². The second-order valence-electron chi connectivity index (χ2n) is 4.75. The molecule has 0 aliphatic carbocycles. The highest BCUT2D eigenvalue weighted by atomic mass is 19.3. The molecule has 3 N–H and O–H groups in total. The lowest BCUT2D eigenvalue weighted by atomic mass is 10.1. The number of alkyl halides is 2. The fraction of sp³-hybridized carbons (Fsp3) is 0.250. The molecule has 2 aromatic carbocycles. The largest absolute Gasteiger partial charge is 0.399 e. The van der Waals surface area contributed by atoms with Gasteiger partial charge >= 0.3 is 0 Å². The zero-order valence-corrected chi connectivity index (χ0v) is 11.4. The molecule has 0 bridgehead atoms. The number of nitrogens with two attached hydrogens (primary N) is 1. The molecule has 0 saturated heterocycles. The monoisotopic (exact) mass is 276 g/mol. The van der Waals surface area contributed by atoms with Crippen LogP contribution in [0.1, 0.15) is 23.1 Å². The number of nitrogen functional groups attached to an aromatic ring is 1. The summed E-state index contributed by atoms with van der Waals surface area (Å²) in [6.07, 6.45) is -1.74. The maximum atomic E-state index is 12.9. The molecule has 0 heterocycles. The second-order valence-corrected chi connectivity index (χ2v) is 4.75. The van der Waals surface area contributed by atoms with Gasteiger partial charge in [-0.1, -0.05) is 24.3 Å². The number of nitrogens with one attached hydrogen (secondary N) is 1. The third kappa shape index (κ3) is 3.47. The minimum Gasteiger partial charge on any atom is -0.399 e. The highest BCUT2D eigenvalue weighted by Gasteiger charge is 2.13. The Morgan fingerprint density at radius 1 is 1.15 bits per heavy atom. The number of aryl methyl sites for hydroxylation is 1. The van der Waals surface area contributed by atoms with E-state index in [9.17, 15) is 8.78 Å². The third-order valence-corrected chi connectivity index (χ3v) is 3.28. The van der Waals surface area contributed by atoms with Gasteiger partial charge in [-0.05, 0) is 42.7 Å². The molecule has 0 aliphatic rings. The molecule has 0 saturated carbocycles. The molecule has 2 nitrogen and oxygen atoms in total. The maximum Gasteiger partial charge on any atom is 0.265 e. The Morgan fingerprint density at radius 2 is 1.90 bits per heavy atom. The predicted octanol–water partition coefficient (Wildman–Crippen LogP) is 4.17. The molecular weight excluding hydrogens is 258 g/mol. The summed E-state index contributed by atoms with van der Waals surface area (Å²) in [6.45, 7) is 2.65. The highest BCUT2D eigenvalue weighted by molar-refractivity contribution is 5.58. The molecule has 2 aromatic rings. The summed E-state index contributed by atoms with van der Waals surface area (Å²) in [4.78, 5) is 0. The Morgan fingerprint density at radius 3 is 2.60 bits per heavy atom. The maximum absolute atomic E-state index is 12.9.